The maximum Gasteiger partial charge on any atom is 0.248 e. The third kappa shape index (κ3) is 5.14. The zero-order chi connectivity index (χ0) is 19.2. The molecule has 0 bridgehead atoms. The number of nitrogens with zero attached hydrogens (tertiary/aromatic N) is 1. The SMILES string of the molecule is COc1cc(NC2CCCN(Cc3cccc(C(N)=O)c3)C2)cc(OC)c1. The lowest BCUT2D eigenvalue weighted by atomic mass is 10.0. The van der Waals surface area contributed by atoms with Gasteiger partial charge in [0.25, 0.3) is 0 Å². The second-order valence-electron chi connectivity index (χ2n) is 6.88. The van der Waals surface area contributed by atoms with Crippen LogP contribution in [0.3, 0.4) is 0 Å². The summed E-state index contributed by atoms with van der Waals surface area (Å²) >= 11 is 0. The molecule has 2 aromatic carbocycles. The standard InChI is InChI=1S/C21H27N3O3/c1-26-19-10-18(11-20(12-19)27-2)23-17-7-4-8-24(14-17)13-15-5-3-6-16(9-15)21(22)25/h3,5-6,9-12,17,23H,4,7-8,13-14H2,1-2H3,(H2,22,25). The van der Waals surface area contributed by atoms with Crippen molar-refractivity contribution in [2.45, 2.75) is 25.4 Å². The molecule has 0 radical (unpaired) electrons. The number of likely N-dealkylation sites (tertiary alicyclic amines) is 1. The van der Waals surface area contributed by atoms with Crippen LogP contribution in [-0.4, -0.2) is 44.2 Å². The predicted molar refractivity (Wildman–Crippen MR) is 106 cm³/mol. The van der Waals surface area contributed by atoms with Crippen LogP contribution in [0.15, 0.2) is 42.5 Å². The Morgan fingerprint density at radius 2 is 1.93 bits per heavy atom. The molecule has 3 rings (SSSR count). The molecule has 6 heteroatoms. The number of ether oxygens (including phenoxy) is 2. The molecule has 0 spiro atoms. The average molecular weight is 369 g/mol. The summed E-state index contributed by atoms with van der Waals surface area (Å²) in [5.74, 6) is 1.16. The predicted octanol–water partition coefficient (Wildman–Crippen LogP) is 2.88. The fourth-order valence-corrected chi connectivity index (χ4v) is 3.52. The van der Waals surface area contributed by atoms with E-state index < -0.39 is 0 Å². The minimum Gasteiger partial charge on any atom is -0.497 e. The summed E-state index contributed by atoms with van der Waals surface area (Å²) in [6.45, 7) is 2.78. The van der Waals surface area contributed by atoms with Crippen molar-refractivity contribution >= 4 is 11.6 Å². The molecule has 1 aliphatic heterocycles. The molecule has 1 fully saturated rings. The van der Waals surface area contributed by atoms with E-state index in [4.69, 9.17) is 15.2 Å². The number of rotatable bonds is 7. The Bertz CT molecular complexity index is 772. The van der Waals surface area contributed by atoms with E-state index in [0.717, 1.165) is 55.2 Å². The molecule has 1 saturated heterocycles. The maximum absolute atomic E-state index is 11.4. The highest BCUT2D eigenvalue weighted by Crippen LogP contribution is 2.27. The Hall–Kier alpha value is -2.73. The monoisotopic (exact) mass is 369 g/mol. The summed E-state index contributed by atoms with van der Waals surface area (Å²) in [5, 5.41) is 3.60. The molecule has 2 aromatic rings. The van der Waals surface area contributed by atoms with Gasteiger partial charge in [-0.1, -0.05) is 12.1 Å². The molecule has 3 N–H and O–H groups in total. The second kappa shape index (κ2) is 8.77. The van der Waals surface area contributed by atoms with E-state index in [9.17, 15) is 4.79 Å². The summed E-state index contributed by atoms with van der Waals surface area (Å²) in [6.07, 6.45) is 2.23. The van der Waals surface area contributed by atoms with Gasteiger partial charge in [0.15, 0.2) is 0 Å². The van der Waals surface area contributed by atoms with Crippen molar-refractivity contribution < 1.29 is 14.3 Å². The second-order valence-corrected chi connectivity index (χ2v) is 6.88. The summed E-state index contributed by atoms with van der Waals surface area (Å²) in [5.41, 5.74) is 8.05. The van der Waals surface area contributed by atoms with Gasteiger partial charge in [-0.2, -0.15) is 0 Å². The van der Waals surface area contributed by atoms with Gasteiger partial charge in [-0.25, -0.2) is 0 Å². The van der Waals surface area contributed by atoms with Crippen LogP contribution in [0.5, 0.6) is 11.5 Å². The van der Waals surface area contributed by atoms with Gasteiger partial charge in [-0.05, 0) is 37.1 Å². The van der Waals surface area contributed by atoms with Gasteiger partial charge in [0.1, 0.15) is 11.5 Å². The van der Waals surface area contributed by atoms with Crippen molar-refractivity contribution in [3.63, 3.8) is 0 Å². The first kappa shape index (κ1) is 19.0. The molecule has 27 heavy (non-hydrogen) atoms. The van der Waals surface area contributed by atoms with E-state index in [2.05, 4.69) is 10.2 Å². The van der Waals surface area contributed by atoms with Crippen molar-refractivity contribution in [1.82, 2.24) is 4.90 Å². The quantitative estimate of drug-likeness (QED) is 0.785. The molecule has 1 amide bonds. The molecule has 144 valence electrons. The molecule has 1 heterocycles. The first-order valence-corrected chi connectivity index (χ1v) is 9.18. The van der Waals surface area contributed by atoms with Crippen molar-refractivity contribution in [3.05, 3.63) is 53.6 Å². The third-order valence-electron chi connectivity index (χ3n) is 4.85. The molecule has 0 aliphatic carbocycles. The lowest BCUT2D eigenvalue weighted by Crippen LogP contribution is -2.41. The summed E-state index contributed by atoms with van der Waals surface area (Å²) < 4.78 is 10.7. The number of methoxy groups -OCH3 is 2. The number of hydrogen-bond acceptors (Lipinski definition) is 5. The van der Waals surface area contributed by atoms with E-state index >= 15 is 0 Å². The zero-order valence-electron chi connectivity index (χ0n) is 15.9. The number of nitrogens with one attached hydrogen (secondary N) is 1. The van der Waals surface area contributed by atoms with Gasteiger partial charge in [0.2, 0.25) is 5.91 Å². The number of anilines is 1. The Kier molecular flexibility index (Phi) is 6.19. The van der Waals surface area contributed by atoms with Gasteiger partial charge < -0.3 is 20.5 Å². The highest BCUT2D eigenvalue weighted by Gasteiger charge is 2.20. The van der Waals surface area contributed by atoms with Crippen molar-refractivity contribution in [2.75, 3.05) is 32.6 Å². The number of amides is 1. The molecule has 1 unspecified atom stereocenters. The Morgan fingerprint density at radius 3 is 2.59 bits per heavy atom. The van der Waals surface area contributed by atoms with Gasteiger partial charge in [-0.3, -0.25) is 9.69 Å². The topological polar surface area (TPSA) is 76.8 Å². The lowest BCUT2D eigenvalue weighted by Gasteiger charge is -2.34. The molecule has 1 atom stereocenters. The zero-order valence-corrected chi connectivity index (χ0v) is 15.9. The molecular weight excluding hydrogens is 342 g/mol. The van der Waals surface area contributed by atoms with Crippen LogP contribution in [0.1, 0.15) is 28.8 Å². The Labute approximate surface area is 160 Å². The van der Waals surface area contributed by atoms with E-state index in [1.165, 1.54) is 0 Å². The average Bonchev–Trinajstić information content (AvgIpc) is 2.68. The summed E-state index contributed by atoms with van der Waals surface area (Å²) in [4.78, 5) is 13.8. The minimum atomic E-state index is -0.387. The van der Waals surface area contributed by atoms with Gasteiger partial charge >= 0.3 is 0 Å². The van der Waals surface area contributed by atoms with E-state index in [1.807, 2.05) is 36.4 Å². The normalized spacial score (nSPS) is 17.3. The minimum absolute atomic E-state index is 0.342. The number of primary amides is 1. The number of carbonyl (C=O) groups is 1. The maximum atomic E-state index is 11.4. The van der Waals surface area contributed by atoms with Crippen LogP contribution < -0.4 is 20.5 Å². The van der Waals surface area contributed by atoms with Crippen LogP contribution in [-0.2, 0) is 6.54 Å². The van der Waals surface area contributed by atoms with Crippen molar-refractivity contribution in [2.24, 2.45) is 5.73 Å². The summed E-state index contributed by atoms with van der Waals surface area (Å²) in [7, 11) is 3.31. The molecule has 6 nitrogen and oxygen atoms in total. The van der Waals surface area contributed by atoms with Crippen molar-refractivity contribution in [3.8, 4) is 11.5 Å². The molecule has 1 aliphatic rings. The van der Waals surface area contributed by atoms with E-state index in [-0.39, 0.29) is 5.91 Å². The number of nitrogens with two attached hydrogens (primary N) is 1. The largest absolute Gasteiger partial charge is 0.497 e. The molecular formula is C21H27N3O3. The fourth-order valence-electron chi connectivity index (χ4n) is 3.52. The number of hydrogen-bond donors (Lipinski definition) is 2. The van der Waals surface area contributed by atoms with Crippen LogP contribution in [0.4, 0.5) is 5.69 Å². The van der Waals surface area contributed by atoms with Gasteiger partial charge in [0, 0.05) is 48.6 Å². The molecule has 0 saturated carbocycles. The van der Waals surface area contributed by atoms with Gasteiger partial charge in [0.05, 0.1) is 14.2 Å². The Balaban J connectivity index is 1.64. The first-order valence-electron chi connectivity index (χ1n) is 9.18. The Morgan fingerprint density at radius 1 is 1.19 bits per heavy atom. The summed E-state index contributed by atoms with van der Waals surface area (Å²) in [6, 6.07) is 13.7. The number of piperidine rings is 1. The van der Waals surface area contributed by atoms with Crippen LogP contribution in [0.2, 0.25) is 0 Å². The highest BCUT2D eigenvalue weighted by molar-refractivity contribution is 5.92. The fraction of sp³-hybridized carbons (Fsp3) is 0.381. The third-order valence-corrected chi connectivity index (χ3v) is 4.85. The lowest BCUT2D eigenvalue weighted by molar-refractivity contribution is 0.1000. The van der Waals surface area contributed by atoms with Crippen LogP contribution >= 0.6 is 0 Å². The number of carbonyl (C=O) groups excluding carboxylic acids is 1. The van der Waals surface area contributed by atoms with Crippen LogP contribution in [0.25, 0.3) is 0 Å². The van der Waals surface area contributed by atoms with E-state index in [1.54, 1.807) is 20.3 Å². The van der Waals surface area contributed by atoms with E-state index in [0.29, 0.717) is 11.6 Å². The van der Waals surface area contributed by atoms with Crippen LogP contribution in [0, 0.1) is 0 Å². The smallest absolute Gasteiger partial charge is 0.248 e. The van der Waals surface area contributed by atoms with Crippen molar-refractivity contribution in [1.29, 1.82) is 0 Å². The first-order chi connectivity index (χ1) is 13.1. The van der Waals surface area contributed by atoms with Gasteiger partial charge in [-0.15, -0.1) is 0 Å². The molecule has 0 aromatic heterocycles. The number of benzene rings is 2. The highest BCUT2D eigenvalue weighted by atomic mass is 16.5.